The molecule has 154 valence electrons. The van der Waals surface area contributed by atoms with E-state index in [1.807, 2.05) is 24.3 Å². The molecule has 0 spiro atoms. The maximum Gasteiger partial charge on any atom is 0.193 e. The number of fused-ring (bicyclic) bond motifs is 1. The van der Waals surface area contributed by atoms with Crippen molar-refractivity contribution in [1.82, 2.24) is 0 Å². The van der Waals surface area contributed by atoms with E-state index < -0.39 is 0 Å². The number of allylic oxidation sites excluding steroid dienone is 8. The Morgan fingerprint density at radius 1 is 1.14 bits per heavy atom. The van der Waals surface area contributed by atoms with Gasteiger partial charge in [0, 0.05) is 23.2 Å². The van der Waals surface area contributed by atoms with E-state index in [0.29, 0.717) is 6.61 Å². The topological polar surface area (TPSA) is 46.5 Å². The highest BCUT2D eigenvalue weighted by atomic mass is 16.5. The van der Waals surface area contributed by atoms with Gasteiger partial charge in [0.25, 0.3) is 0 Å². The van der Waals surface area contributed by atoms with Crippen LogP contribution in [0, 0.1) is 0 Å². The summed E-state index contributed by atoms with van der Waals surface area (Å²) >= 11 is 0. The Labute approximate surface area is 174 Å². The molecule has 0 saturated heterocycles. The number of ketones is 1. The minimum Gasteiger partial charge on any atom is -0.494 e. The van der Waals surface area contributed by atoms with Gasteiger partial charge in [-0.1, -0.05) is 43.7 Å². The van der Waals surface area contributed by atoms with Crippen molar-refractivity contribution < 1.29 is 14.6 Å². The fraction of sp³-hybridized carbons (Fsp3) is 0.423. The molecule has 3 heteroatoms. The number of carbonyl (C=O) groups is 1. The van der Waals surface area contributed by atoms with Crippen LogP contribution in [0.5, 0.6) is 5.75 Å². The summed E-state index contributed by atoms with van der Waals surface area (Å²) in [6.07, 6.45) is 12.0. The zero-order valence-electron chi connectivity index (χ0n) is 18.0. The smallest absolute Gasteiger partial charge is 0.193 e. The monoisotopic (exact) mass is 392 g/mol. The van der Waals surface area contributed by atoms with Crippen LogP contribution in [0.3, 0.4) is 0 Å². The molecule has 0 atom stereocenters. The van der Waals surface area contributed by atoms with Crippen LogP contribution in [0.15, 0.2) is 64.8 Å². The molecule has 3 rings (SSSR count). The fourth-order valence-electron chi connectivity index (χ4n) is 4.06. The van der Waals surface area contributed by atoms with Gasteiger partial charge < -0.3 is 9.84 Å². The lowest BCUT2D eigenvalue weighted by Gasteiger charge is -2.36. The fourth-order valence-corrected chi connectivity index (χ4v) is 4.06. The first-order valence-corrected chi connectivity index (χ1v) is 10.6. The molecule has 0 bridgehead atoms. The molecule has 0 aromatic heterocycles. The number of unbranched alkanes of at least 4 members (excludes halogenated alkanes) is 2. The number of benzene rings is 1. The molecule has 1 N–H and O–H groups in total. The van der Waals surface area contributed by atoms with Crippen molar-refractivity contribution in [3.8, 4) is 5.75 Å². The standard InChI is InChI=1S/C26H32O3/c1-18-11-7-5-8-12-21(18)24-19(2)26(3,4)23-17-20(13-14-22(23)25(24)28)29-16-10-6-9-15-27/h5,8,11-14,17,27H,6-7,9-10,15-16H2,1-4H3. The Balaban J connectivity index is 1.94. The van der Waals surface area contributed by atoms with Crippen molar-refractivity contribution in [2.24, 2.45) is 0 Å². The number of hydrogen-bond donors (Lipinski definition) is 1. The second-order valence-electron chi connectivity index (χ2n) is 8.43. The lowest BCUT2D eigenvalue weighted by molar-refractivity contribution is 0.102. The van der Waals surface area contributed by atoms with E-state index in [2.05, 4.69) is 45.9 Å². The van der Waals surface area contributed by atoms with Crippen molar-refractivity contribution in [3.63, 3.8) is 0 Å². The quantitative estimate of drug-likeness (QED) is 0.592. The highest BCUT2D eigenvalue weighted by molar-refractivity contribution is 6.15. The third kappa shape index (κ3) is 4.30. The lowest BCUT2D eigenvalue weighted by Crippen LogP contribution is -2.31. The van der Waals surface area contributed by atoms with Gasteiger partial charge in [0.1, 0.15) is 5.75 Å². The average molecular weight is 393 g/mol. The molecule has 2 aliphatic rings. The van der Waals surface area contributed by atoms with E-state index in [0.717, 1.165) is 64.9 Å². The molecule has 2 aliphatic carbocycles. The van der Waals surface area contributed by atoms with Gasteiger partial charge in [-0.15, -0.1) is 0 Å². The molecule has 0 unspecified atom stereocenters. The van der Waals surface area contributed by atoms with Gasteiger partial charge in [-0.25, -0.2) is 0 Å². The molecule has 0 fully saturated rings. The second-order valence-corrected chi connectivity index (χ2v) is 8.43. The molecule has 0 saturated carbocycles. The molecule has 29 heavy (non-hydrogen) atoms. The Morgan fingerprint density at radius 2 is 1.93 bits per heavy atom. The molecule has 0 heterocycles. The largest absolute Gasteiger partial charge is 0.494 e. The van der Waals surface area contributed by atoms with Crippen molar-refractivity contribution in [2.75, 3.05) is 13.2 Å². The molecular formula is C26H32O3. The Bertz CT molecular complexity index is 910. The van der Waals surface area contributed by atoms with E-state index in [-0.39, 0.29) is 17.8 Å². The zero-order valence-corrected chi connectivity index (χ0v) is 18.0. The van der Waals surface area contributed by atoms with Crippen molar-refractivity contribution in [3.05, 3.63) is 75.9 Å². The van der Waals surface area contributed by atoms with Gasteiger partial charge in [-0.05, 0) is 74.4 Å². The van der Waals surface area contributed by atoms with E-state index in [1.54, 1.807) is 0 Å². The zero-order chi connectivity index (χ0) is 21.0. The van der Waals surface area contributed by atoms with Crippen LogP contribution in [0.4, 0.5) is 0 Å². The predicted octanol–water partition coefficient (Wildman–Crippen LogP) is 5.85. The molecule has 1 aromatic carbocycles. The third-order valence-corrected chi connectivity index (χ3v) is 6.17. The summed E-state index contributed by atoms with van der Waals surface area (Å²) in [5.41, 5.74) is 5.66. The maximum atomic E-state index is 13.5. The van der Waals surface area contributed by atoms with Crippen LogP contribution in [0.2, 0.25) is 0 Å². The summed E-state index contributed by atoms with van der Waals surface area (Å²) in [4.78, 5) is 13.5. The van der Waals surface area contributed by atoms with Gasteiger partial charge in [0.2, 0.25) is 0 Å². The summed E-state index contributed by atoms with van der Waals surface area (Å²) < 4.78 is 5.92. The molecule has 0 radical (unpaired) electrons. The molecule has 3 nitrogen and oxygen atoms in total. The molecule has 0 aliphatic heterocycles. The summed E-state index contributed by atoms with van der Waals surface area (Å²) in [5.74, 6) is 0.901. The van der Waals surface area contributed by atoms with Gasteiger partial charge in [0.15, 0.2) is 5.78 Å². The Morgan fingerprint density at radius 3 is 2.69 bits per heavy atom. The number of aliphatic hydroxyl groups is 1. The maximum absolute atomic E-state index is 13.5. The van der Waals surface area contributed by atoms with Crippen LogP contribution in [-0.2, 0) is 5.41 Å². The minimum atomic E-state index is -0.258. The van der Waals surface area contributed by atoms with E-state index in [1.165, 1.54) is 0 Å². The summed E-state index contributed by atoms with van der Waals surface area (Å²) in [7, 11) is 0. The molecular weight excluding hydrogens is 360 g/mol. The molecule has 1 aromatic rings. The van der Waals surface area contributed by atoms with Crippen molar-refractivity contribution in [1.29, 1.82) is 0 Å². The predicted molar refractivity (Wildman–Crippen MR) is 119 cm³/mol. The number of hydrogen-bond acceptors (Lipinski definition) is 3. The van der Waals surface area contributed by atoms with Gasteiger partial charge in [-0.3, -0.25) is 4.79 Å². The van der Waals surface area contributed by atoms with Gasteiger partial charge in [-0.2, -0.15) is 0 Å². The third-order valence-electron chi connectivity index (χ3n) is 6.17. The van der Waals surface area contributed by atoms with Gasteiger partial charge >= 0.3 is 0 Å². The number of rotatable bonds is 7. The van der Waals surface area contributed by atoms with E-state index in [4.69, 9.17) is 9.84 Å². The number of ether oxygens (including phenoxy) is 1. The number of Topliss-reactive ketones (excluding diaryl/α,β-unsaturated/α-hetero) is 1. The van der Waals surface area contributed by atoms with Crippen LogP contribution < -0.4 is 4.74 Å². The Kier molecular flexibility index (Phi) is 6.59. The van der Waals surface area contributed by atoms with Crippen LogP contribution in [-0.4, -0.2) is 24.1 Å². The SMILES string of the molecule is CC1=CCC=CC=C1C1=C(C)C(C)(C)c2cc(OCCCCCO)ccc2C1=O. The first-order chi connectivity index (χ1) is 13.9. The van der Waals surface area contributed by atoms with Crippen molar-refractivity contribution >= 4 is 5.78 Å². The summed E-state index contributed by atoms with van der Waals surface area (Å²) in [6, 6.07) is 5.85. The first kappa shape index (κ1) is 21.3. The first-order valence-electron chi connectivity index (χ1n) is 10.6. The van der Waals surface area contributed by atoms with Crippen LogP contribution in [0.25, 0.3) is 0 Å². The van der Waals surface area contributed by atoms with Crippen LogP contribution >= 0.6 is 0 Å². The summed E-state index contributed by atoms with van der Waals surface area (Å²) in [5, 5.41) is 8.88. The van der Waals surface area contributed by atoms with E-state index in [9.17, 15) is 4.79 Å². The highest BCUT2D eigenvalue weighted by Gasteiger charge is 2.38. The second kappa shape index (κ2) is 8.96. The average Bonchev–Trinajstić information content (AvgIpc) is 2.91. The van der Waals surface area contributed by atoms with Crippen molar-refractivity contribution in [2.45, 2.75) is 58.8 Å². The van der Waals surface area contributed by atoms with E-state index >= 15 is 0 Å². The molecule has 0 amide bonds. The van der Waals surface area contributed by atoms with Gasteiger partial charge in [0.05, 0.1) is 6.61 Å². The minimum absolute atomic E-state index is 0.0978. The number of carbonyl (C=O) groups excluding carboxylic acids is 1. The summed E-state index contributed by atoms with van der Waals surface area (Å²) in [6.45, 7) is 9.39. The normalized spacial score (nSPS) is 18.2. The number of aliphatic hydroxyl groups excluding tert-OH is 1. The highest BCUT2D eigenvalue weighted by Crippen LogP contribution is 2.45. The van der Waals surface area contributed by atoms with Crippen LogP contribution in [0.1, 0.15) is 69.3 Å². The lowest BCUT2D eigenvalue weighted by atomic mass is 9.67. The Hall–Kier alpha value is -2.39.